The summed E-state index contributed by atoms with van der Waals surface area (Å²) in [6, 6.07) is 3.34. The summed E-state index contributed by atoms with van der Waals surface area (Å²) >= 11 is 0. The van der Waals surface area contributed by atoms with E-state index in [4.69, 9.17) is 4.52 Å². The van der Waals surface area contributed by atoms with Crippen molar-refractivity contribution in [2.45, 2.75) is 6.42 Å². The quantitative estimate of drug-likeness (QED) is 0.798. The zero-order valence-corrected chi connectivity index (χ0v) is 9.88. The van der Waals surface area contributed by atoms with E-state index in [1.807, 2.05) is 0 Å². The van der Waals surface area contributed by atoms with Gasteiger partial charge in [-0.15, -0.1) is 0 Å². The molecule has 0 unspecified atom stereocenters. The van der Waals surface area contributed by atoms with Crippen molar-refractivity contribution in [1.29, 1.82) is 0 Å². The van der Waals surface area contributed by atoms with Gasteiger partial charge in [0, 0.05) is 31.8 Å². The van der Waals surface area contributed by atoms with E-state index in [0.29, 0.717) is 30.2 Å². The van der Waals surface area contributed by atoms with Crippen molar-refractivity contribution in [2.24, 2.45) is 0 Å². The fraction of sp³-hybridized carbons (Fsp3) is 0.273. The third-order valence-corrected chi connectivity index (χ3v) is 2.31. The van der Waals surface area contributed by atoms with Gasteiger partial charge in [-0.2, -0.15) is 4.98 Å². The monoisotopic (exact) mass is 247 g/mol. The number of anilines is 1. The van der Waals surface area contributed by atoms with Crippen LogP contribution >= 0.6 is 0 Å². The second-order valence-electron chi connectivity index (χ2n) is 3.52. The lowest BCUT2D eigenvalue weighted by Gasteiger charge is -2.05. The topological polar surface area (TPSA) is 92.9 Å². The zero-order chi connectivity index (χ0) is 12.8. The Morgan fingerprint density at radius 2 is 2.33 bits per heavy atom. The van der Waals surface area contributed by atoms with Gasteiger partial charge in [-0.25, -0.2) is 4.98 Å². The molecule has 94 valence electrons. The highest BCUT2D eigenvalue weighted by atomic mass is 16.5. The zero-order valence-electron chi connectivity index (χ0n) is 9.88. The first-order valence-electron chi connectivity index (χ1n) is 5.47. The Balaban J connectivity index is 1.87. The summed E-state index contributed by atoms with van der Waals surface area (Å²) in [6.07, 6.45) is 3.42. The molecule has 7 heteroatoms. The number of hydrogen-bond acceptors (Lipinski definition) is 6. The third-order valence-electron chi connectivity index (χ3n) is 2.31. The summed E-state index contributed by atoms with van der Waals surface area (Å²) in [4.78, 5) is 19.7. The summed E-state index contributed by atoms with van der Waals surface area (Å²) in [7, 11) is 1.75. The molecule has 7 nitrogen and oxygen atoms in total. The Morgan fingerprint density at radius 1 is 1.44 bits per heavy atom. The molecule has 0 spiro atoms. The first-order chi connectivity index (χ1) is 8.79. The maximum atomic E-state index is 11.8. The van der Waals surface area contributed by atoms with E-state index in [1.165, 1.54) is 6.33 Å². The number of hydrogen-bond donors (Lipinski definition) is 2. The lowest BCUT2D eigenvalue weighted by Crippen LogP contribution is -2.25. The maximum Gasteiger partial charge on any atom is 0.251 e. The first kappa shape index (κ1) is 12.0. The number of carbonyl (C=O) groups is 1. The minimum Gasteiger partial charge on any atom is -0.373 e. The molecule has 0 aromatic carbocycles. The van der Waals surface area contributed by atoms with Crippen LogP contribution in [-0.2, 0) is 6.42 Å². The third kappa shape index (κ3) is 3.03. The molecule has 2 rings (SSSR count). The summed E-state index contributed by atoms with van der Waals surface area (Å²) in [5.41, 5.74) is 0.555. The minimum atomic E-state index is -0.159. The first-order valence-corrected chi connectivity index (χ1v) is 5.47. The standard InChI is InChI=1S/C11H13N5O2/c1-12-9-6-8(2-4-13-9)11(17)14-5-3-10-15-7-16-18-10/h2,4,6-7H,3,5H2,1H3,(H,12,13)(H,14,17). The highest BCUT2D eigenvalue weighted by Gasteiger charge is 2.06. The molecule has 0 saturated carbocycles. The van der Waals surface area contributed by atoms with Crippen LogP contribution in [0, 0.1) is 0 Å². The van der Waals surface area contributed by atoms with E-state index < -0.39 is 0 Å². The van der Waals surface area contributed by atoms with Crippen molar-refractivity contribution in [1.82, 2.24) is 20.4 Å². The van der Waals surface area contributed by atoms with Crippen molar-refractivity contribution < 1.29 is 9.32 Å². The molecule has 18 heavy (non-hydrogen) atoms. The van der Waals surface area contributed by atoms with Crippen LogP contribution in [0.15, 0.2) is 29.2 Å². The van der Waals surface area contributed by atoms with Crippen LogP contribution in [0.25, 0.3) is 0 Å². The summed E-state index contributed by atoms with van der Waals surface area (Å²) in [5, 5.41) is 9.13. The van der Waals surface area contributed by atoms with Crippen molar-refractivity contribution in [2.75, 3.05) is 18.9 Å². The van der Waals surface area contributed by atoms with E-state index >= 15 is 0 Å². The van der Waals surface area contributed by atoms with Crippen LogP contribution in [-0.4, -0.2) is 34.6 Å². The Kier molecular flexibility index (Phi) is 3.85. The highest BCUT2D eigenvalue weighted by Crippen LogP contribution is 2.05. The Morgan fingerprint density at radius 3 is 3.06 bits per heavy atom. The molecule has 2 aromatic rings. The van der Waals surface area contributed by atoms with Gasteiger partial charge in [0.2, 0.25) is 5.89 Å². The number of carbonyl (C=O) groups excluding carboxylic acids is 1. The molecular formula is C11H13N5O2. The van der Waals surface area contributed by atoms with Gasteiger partial charge in [-0.1, -0.05) is 5.16 Å². The van der Waals surface area contributed by atoms with E-state index in [1.54, 1.807) is 25.4 Å². The molecule has 2 N–H and O–H groups in total. The van der Waals surface area contributed by atoms with Crippen molar-refractivity contribution >= 4 is 11.7 Å². The van der Waals surface area contributed by atoms with Gasteiger partial charge < -0.3 is 15.2 Å². The van der Waals surface area contributed by atoms with Gasteiger partial charge >= 0.3 is 0 Å². The number of pyridine rings is 1. The van der Waals surface area contributed by atoms with E-state index in [2.05, 4.69) is 25.8 Å². The number of rotatable bonds is 5. The summed E-state index contributed by atoms with van der Waals surface area (Å²) in [5.74, 6) is 0.994. The largest absolute Gasteiger partial charge is 0.373 e. The average molecular weight is 247 g/mol. The van der Waals surface area contributed by atoms with Crippen LogP contribution in [0.4, 0.5) is 5.82 Å². The second kappa shape index (κ2) is 5.76. The second-order valence-corrected chi connectivity index (χ2v) is 3.52. The fourth-order valence-electron chi connectivity index (χ4n) is 1.40. The van der Waals surface area contributed by atoms with Gasteiger partial charge in [0.25, 0.3) is 5.91 Å². The maximum absolute atomic E-state index is 11.8. The normalized spacial score (nSPS) is 10.1. The van der Waals surface area contributed by atoms with Crippen LogP contribution in [0.3, 0.4) is 0 Å². The molecule has 0 fully saturated rings. The molecule has 0 bridgehead atoms. The summed E-state index contributed by atoms with van der Waals surface area (Å²) < 4.78 is 4.83. The van der Waals surface area contributed by atoms with Crippen LogP contribution in [0.2, 0.25) is 0 Å². The average Bonchev–Trinajstić information content (AvgIpc) is 2.92. The van der Waals surface area contributed by atoms with Crippen LogP contribution in [0.1, 0.15) is 16.2 Å². The van der Waals surface area contributed by atoms with E-state index in [-0.39, 0.29) is 5.91 Å². The minimum absolute atomic E-state index is 0.159. The highest BCUT2D eigenvalue weighted by molar-refractivity contribution is 5.94. The van der Waals surface area contributed by atoms with E-state index in [0.717, 1.165) is 0 Å². The molecule has 0 aliphatic rings. The molecule has 0 aliphatic heterocycles. The van der Waals surface area contributed by atoms with Gasteiger partial charge in [0.05, 0.1) is 0 Å². The number of nitrogens with one attached hydrogen (secondary N) is 2. The van der Waals surface area contributed by atoms with Gasteiger partial charge in [0.1, 0.15) is 5.82 Å². The van der Waals surface area contributed by atoms with Crippen LogP contribution < -0.4 is 10.6 Å². The van der Waals surface area contributed by atoms with Gasteiger partial charge in [-0.3, -0.25) is 4.79 Å². The van der Waals surface area contributed by atoms with Gasteiger partial charge in [-0.05, 0) is 12.1 Å². The fourth-order valence-corrected chi connectivity index (χ4v) is 1.40. The molecule has 2 aromatic heterocycles. The number of aromatic nitrogens is 3. The molecule has 2 heterocycles. The van der Waals surface area contributed by atoms with Crippen molar-refractivity contribution in [3.63, 3.8) is 0 Å². The molecular weight excluding hydrogens is 234 g/mol. The van der Waals surface area contributed by atoms with Crippen molar-refractivity contribution in [3.8, 4) is 0 Å². The lowest BCUT2D eigenvalue weighted by molar-refractivity contribution is 0.0953. The van der Waals surface area contributed by atoms with Gasteiger partial charge in [0.15, 0.2) is 6.33 Å². The SMILES string of the molecule is CNc1cc(C(=O)NCCc2ncno2)ccn1. The van der Waals surface area contributed by atoms with Crippen molar-refractivity contribution in [3.05, 3.63) is 36.1 Å². The molecule has 1 amide bonds. The molecule has 0 saturated heterocycles. The smallest absolute Gasteiger partial charge is 0.251 e. The molecule has 0 aliphatic carbocycles. The molecule has 0 atom stereocenters. The Labute approximate surface area is 104 Å². The number of amides is 1. The summed E-state index contributed by atoms with van der Waals surface area (Å²) in [6.45, 7) is 0.443. The predicted molar refractivity (Wildman–Crippen MR) is 64.1 cm³/mol. The van der Waals surface area contributed by atoms with E-state index in [9.17, 15) is 4.79 Å². The Hall–Kier alpha value is -2.44. The molecule has 0 radical (unpaired) electrons. The van der Waals surface area contributed by atoms with Crippen LogP contribution in [0.5, 0.6) is 0 Å². The predicted octanol–water partition coefficient (Wildman–Crippen LogP) is 0.479. The Bertz CT molecular complexity index is 512. The number of nitrogens with zero attached hydrogens (tertiary/aromatic N) is 3. The lowest BCUT2D eigenvalue weighted by atomic mass is 10.2.